The van der Waals surface area contributed by atoms with E-state index in [1.807, 2.05) is 0 Å². The van der Waals surface area contributed by atoms with Crippen LogP contribution in [0.2, 0.25) is 0 Å². The van der Waals surface area contributed by atoms with Crippen molar-refractivity contribution in [1.29, 1.82) is 0 Å². The van der Waals surface area contributed by atoms with Gasteiger partial charge in [0.2, 0.25) is 0 Å². The fourth-order valence-corrected chi connectivity index (χ4v) is 4.18. The number of aromatic nitrogens is 2. The van der Waals surface area contributed by atoms with Gasteiger partial charge in [-0.3, -0.25) is 4.79 Å². The molecule has 1 aromatic carbocycles. The van der Waals surface area contributed by atoms with Crippen LogP contribution in [0.1, 0.15) is 39.4 Å². The van der Waals surface area contributed by atoms with E-state index >= 15 is 0 Å². The Labute approximate surface area is 175 Å². The molecule has 2 N–H and O–H groups in total. The molecule has 2 aromatic heterocycles. The number of fused-ring (bicyclic) bond motifs is 1. The number of hydrogen-bond acceptors (Lipinski definition) is 4. The van der Waals surface area contributed by atoms with Gasteiger partial charge in [-0.15, -0.1) is 11.3 Å². The van der Waals surface area contributed by atoms with E-state index in [2.05, 4.69) is 15.7 Å². The zero-order valence-corrected chi connectivity index (χ0v) is 16.3. The summed E-state index contributed by atoms with van der Waals surface area (Å²) in [6, 6.07) is 6.20. The van der Waals surface area contributed by atoms with Crippen LogP contribution in [-0.2, 0) is 6.18 Å². The highest BCUT2D eigenvalue weighted by atomic mass is 32.1. The molecule has 3 aromatic rings. The molecule has 0 saturated carbocycles. The summed E-state index contributed by atoms with van der Waals surface area (Å²) in [5.41, 5.74) is -2.01. The second-order valence-electron chi connectivity index (χ2n) is 6.86. The highest BCUT2D eigenvalue weighted by molar-refractivity contribution is 7.10. The van der Waals surface area contributed by atoms with E-state index in [0.717, 1.165) is 24.3 Å². The van der Waals surface area contributed by atoms with E-state index < -0.39 is 47.3 Å². The molecule has 0 saturated heterocycles. The number of rotatable bonds is 3. The smallest absolute Gasteiger partial charge is 0.363 e. The lowest BCUT2D eigenvalue weighted by Gasteiger charge is -2.32. The van der Waals surface area contributed by atoms with Crippen molar-refractivity contribution >= 4 is 28.7 Å². The van der Waals surface area contributed by atoms with E-state index in [-0.39, 0.29) is 12.2 Å². The number of nitrogens with one attached hydrogen (secondary N) is 2. The molecular weight excluding hydrogens is 446 g/mol. The SMILES string of the molecule is O=C(Nc1ccccc1C(F)(F)F)c1cc2n(n1)[C@@H](C(F)(F)F)C[C@@H](c1cccs1)N2. The van der Waals surface area contributed by atoms with Crippen LogP contribution in [0.15, 0.2) is 47.8 Å². The molecule has 164 valence electrons. The molecule has 0 fully saturated rings. The zero-order chi connectivity index (χ0) is 22.4. The first-order valence-electron chi connectivity index (χ1n) is 8.98. The van der Waals surface area contributed by atoms with Crippen molar-refractivity contribution in [2.75, 3.05) is 10.6 Å². The topological polar surface area (TPSA) is 59.0 Å². The Morgan fingerprint density at radius 2 is 1.87 bits per heavy atom. The molecule has 12 heteroatoms. The maximum absolute atomic E-state index is 13.7. The van der Waals surface area contributed by atoms with Crippen LogP contribution < -0.4 is 10.6 Å². The summed E-state index contributed by atoms with van der Waals surface area (Å²) in [5.74, 6) is -1.09. The van der Waals surface area contributed by atoms with Gasteiger partial charge in [-0.25, -0.2) is 4.68 Å². The van der Waals surface area contributed by atoms with E-state index in [1.54, 1.807) is 17.5 Å². The molecule has 1 aliphatic heterocycles. The highest BCUT2D eigenvalue weighted by Crippen LogP contribution is 2.44. The van der Waals surface area contributed by atoms with Crippen molar-refractivity contribution in [3.05, 3.63) is 64.0 Å². The van der Waals surface area contributed by atoms with Crippen LogP contribution in [0, 0.1) is 0 Å². The largest absolute Gasteiger partial charge is 0.418 e. The van der Waals surface area contributed by atoms with Crippen molar-refractivity contribution < 1.29 is 31.1 Å². The molecule has 0 aliphatic carbocycles. The van der Waals surface area contributed by atoms with Gasteiger partial charge in [-0.2, -0.15) is 31.4 Å². The molecule has 5 nitrogen and oxygen atoms in total. The number of nitrogens with zero attached hydrogens (tertiary/aromatic N) is 2. The minimum absolute atomic E-state index is 0.0405. The number of amides is 1. The van der Waals surface area contributed by atoms with E-state index in [9.17, 15) is 31.1 Å². The monoisotopic (exact) mass is 460 g/mol. The quantitative estimate of drug-likeness (QED) is 0.481. The van der Waals surface area contributed by atoms with Crippen LogP contribution in [0.5, 0.6) is 0 Å². The molecule has 0 radical (unpaired) electrons. The minimum Gasteiger partial charge on any atom is -0.363 e. The van der Waals surface area contributed by atoms with Gasteiger partial charge in [0.25, 0.3) is 5.91 Å². The third-order valence-corrected chi connectivity index (χ3v) is 5.78. The lowest BCUT2D eigenvalue weighted by Crippen LogP contribution is -2.35. The Kier molecular flexibility index (Phi) is 5.20. The molecule has 2 atom stereocenters. The molecule has 0 bridgehead atoms. The first kappa shape index (κ1) is 21.2. The normalized spacial score (nSPS) is 18.9. The number of carbonyl (C=O) groups excluding carboxylic acids is 1. The van der Waals surface area contributed by atoms with Crippen molar-refractivity contribution in [1.82, 2.24) is 9.78 Å². The van der Waals surface area contributed by atoms with Gasteiger partial charge >= 0.3 is 12.4 Å². The van der Waals surface area contributed by atoms with Gasteiger partial charge < -0.3 is 10.6 Å². The molecule has 0 spiro atoms. The summed E-state index contributed by atoms with van der Waals surface area (Å²) in [7, 11) is 0. The number of alkyl halides is 6. The van der Waals surface area contributed by atoms with Gasteiger partial charge in [0.05, 0.1) is 17.3 Å². The van der Waals surface area contributed by atoms with Gasteiger partial charge in [0, 0.05) is 17.4 Å². The molecule has 0 unspecified atom stereocenters. The lowest BCUT2D eigenvalue weighted by molar-refractivity contribution is -0.173. The fraction of sp³-hybridized carbons (Fsp3) is 0.263. The average molecular weight is 460 g/mol. The molecule has 3 heterocycles. The van der Waals surface area contributed by atoms with Gasteiger partial charge in [0.1, 0.15) is 5.82 Å². The van der Waals surface area contributed by atoms with Gasteiger partial charge in [-0.1, -0.05) is 18.2 Å². The maximum atomic E-state index is 13.7. The zero-order valence-electron chi connectivity index (χ0n) is 15.5. The highest BCUT2D eigenvalue weighted by Gasteiger charge is 2.47. The summed E-state index contributed by atoms with van der Waals surface area (Å²) in [6.07, 6.45) is -9.68. The van der Waals surface area contributed by atoms with Crippen molar-refractivity contribution in [2.45, 2.75) is 30.9 Å². The second-order valence-corrected chi connectivity index (χ2v) is 7.84. The lowest BCUT2D eigenvalue weighted by atomic mass is 10.0. The van der Waals surface area contributed by atoms with E-state index in [4.69, 9.17) is 0 Å². The first-order chi connectivity index (χ1) is 14.5. The molecule has 1 aliphatic rings. The number of carbonyl (C=O) groups is 1. The third kappa shape index (κ3) is 4.24. The molecular formula is C19H14F6N4OS. The number of benzene rings is 1. The Morgan fingerprint density at radius 3 is 2.52 bits per heavy atom. The number of hydrogen-bond donors (Lipinski definition) is 2. The second kappa shape index (κ2) is 7.59. The number of anilines is 2. The predicted molar refractivity (Wildman–Crippen MR) is 102 cm³/mol. The Bertz CT molecular complexity index is 1090. The Morgan fingerprint density at radius 1 is 1.13 bits per heavy atom. The van der Waals surface area contributed by atoms with Crippen LogP contribution in [0.3, 0.4) is 0 Å². The summed E-state index contributed by atoms with van der Waals surface area (Å²) >= 11 is 1.29. The Balaban J connectivity index is 1.65. The molecule has 31 heavy (non-hydrogen) atoms. The van der Waals surface area contributed by atoms with Crippen LogP contribution in [0.25, 0.3) is 0 Å². The van der Waals surface area contributed by atoms with Crippen LogP contribution in [0.4, 0.5) is 37.8 Å². The van der Waals surface area contributed by atoms with Crippen LogP contribution in [-0.4, -0.2) is 21.9 Å². The predicted octanol–water partition coefficient (Wildman–Crippen LogP) is 5.88. The molecule has 1 amide bonds. The van der Waals surface area contributed by atoms with Crippen molar-refractivity contribution in [3.8, 4) is 0 Å². The summed E-state index contributed by atoms with van der Waals surface area (Å²) in [4.78, 5) is 13.2. The van der Waals surface area contributed by atoms with E-state index in [1.165, 1.54) is 17.4 Å². The van der Waals surface area contributed by atoms with Gasteiger partial charge in [-0.05, 0) is 23.6 Å². The van der Waals surface area contributed by atoms with Gasteiger partial charge in [0.15, 0.2) is 11.7 Å². The first-order valence-corrected chi connectivity index (χ1v) is 9.86. The van der Waals surface area contributed by atoms with Crippen LogP contribution >= 0.6 is 11.3 Å². The van der Waals surface area contributed by atoms with Crippen molar-refractivity contribution in [3.63, 3.8) is 0 Å². The summed E-state index contributed by atoms with van der Waals surface area (Å²) < 4.78 is 81.1. The summed E-state index contributed by atoms with van der Waals surface area (Å²) in [6.45, 7) is 0. The fourth-order valence-electron chi connectivity index (χ4n) is 3.39. The number of para-hydroxylation sites is 1. The standard InChI is InChI=1S/C19H14F6N4OS/c20-18(21,22)10-4-1-2-5-11(10)27-17(30)13-9-16-26-12(14-6-3-7-31-14)8-15(19(23,24)25)29(16)28-13/h1-7,9,12,15,26H,8H2,(H,27,30)/t12-,15+/m0/s1. The maximum Gasteiger partial charge on any atom is 0.418 e. The van der Waals surface area contributed by atoms with E-state index in [0.29, 0.717) is 9.56 Å². The Hall–Kier alpha value is -3.02. The third-order valence-electron chi connectivity index (χ3n) is 4.79. The number of halogens is 6. The van der Waals surface area contributed by atoms with Crippen molar-refractivity contribution in [2.24, 2.45) is 0 Å². The molecule has 4 rings (SSSR count). The number of thiophene rings is 1. The minimum atomic E-state index is -4.71. The average Bonchev–Trinajstić information content (AvgIpc) is 3.35. The summed E-state index contributed by atoms with van der Waals surface area (Å²) in [5, 5.41) is 10.5.